The molecule has 0 atom stereocenters. The summed E-state index contributed by atoms with van der Waals surface area (Å²) in [6, 6.07) is 34.0. The predicted molar refractivity (Wildman–Crippen MR) is 142 cm³/mol. The third-order valence-corrected chi connectivity index (χ3v) is 6.82. The van der Waals surface area contributed by atoms with E-state index in [1.807, 2.05) is 91.0 Å². The van der Waals surface area contributed by atoms with Gasteiger partial charge in [-0.25, -0.2) is 0 Å². The van der Waals surface area contributed by atoms with Crippen LogP contribution in [-0.4, -0.2) is 0 Å². The van der Waals surface area contributed by atoms with Crippen molar-refractivity contribution in [3.63, 3.8) is 0 Å². The van der Waals surface area contributed by atoms with E-state index in [9.17, 15) is 5.26 Å². The van der Waals surface area contributed by atoms with Crippen LogP contribution in [0.15, 0.2) is 106 Å². The summed E-state index contributed by atoms with van der Waals surface area (Å²) in [5.74, 6) is 0. The summed E-state index contributed by atoms with van der Waals surface area (Å²) >= 11 is 6.65. The van der Waals surface area contributed by atoms with E-state index in [0.29, 0.717) is 10.6 Å². The Balaban J connectivity index is 1.51. The van der Waals surface area contributed by atoms with Crippen molar-refractivity contribution in [1.29, 1.82) is 5.26 Å². The number of hydrogen-bond donors (Lipinski definition) is 0. The summed E-state index contributed by atoms with van der Waals surface area (Å²) in [7, 11) is 0. The van der Waals surface area contributed by atoms with Gasteiger partial charge in [0.05, 0.1) is 5.56 Å². The van der Waals surface area contributed by atoms with Crippen LogP contribution < -0.4 is 0 Å². The van der Waals surface area contributed by atoms with Gasteiger partial charge in [-0.15, -0.1) is 0 Å². The number of halogens is 1. The molecule has 164 valence electrons. The minimum atomic E-state index is 0.558. The number of benzene rings is 5. The predicted octanol–water partition coefficient (Wildman–Crippen LogP) is 9.34. The molecule has 2 aromatic heterocycles. The van der Waals surface area contributed by atoms with Crippen LogP contribution in [0.3, 0.4) is 0 Å². The molecule has 7 rings (SSSR count). The zero-order valence-corrected chi connectivity index (χ0v) is 19.1. The summed E-state index contributed by atoms with van der Waals surface area (Å²) in [4.78, 5) is 0. The minimum absolute atomic E-state index is 0.558. The lowest BCUT2D eigenvalue weighted by Crippen LogP contribution is -1.91. The maximum absolute atomic E-state index is 10.3. The van der Waals surface area contributed by atoms with Gasteiger partial charge in [-0.05, 0) is 53.6 Å². The van der Waals surface area contributed by atoms with Gasteiger partial charge in [-0.3, -0.25) is 0 Å². The van der Waals surface area contributed by atoms with Crippen LogP contribution in [0.1, 0.15) is 5.56 Å². The van der Waals surface area contributed by atoms with Crippen molar-refractivity contribution in [1.82, 2.24) is 0 Å². The third kappa shape index (κ3) is 2.98. The molecule has 0 N–H and O–H groups in total. The smallest absolute Gasteiger partial charge is 0.136 e. The molecule has 0 spiro atoms. The summed E-state index contributed by atoms with van der Waals surface area (Å²) in [5.41, 5.74) is 7.09. The molecule has 7 aromatic rings. The van der Waals surface area contributed by atoms with E-state index in [-0.39, 0.29) is 0 Å². The molecule has 0 aliphatic carbocycles. The highest BCUT2D eigenvalue weighted by Gasteiger charge is 2.19. The Bertz CT molecular complexity index is 1990. The topological polar surface area (TPSA) is 50.1 Å². The molecule has 35 heavy (non-hydrogen) atoms. The molecule has 0 fully saturated rings. The Labute approximate surface area is 205 Å². The zero-order chi connectivity index (χ0) is 23.5. The largest absolute Gasteiger partial charge is 0.456 e. The molecular formula is C31H16ClNO2. The van der Waals surface area contributed by atoms with Gasteiger partial charge in [0, 0.05) is 37.7 Å². The Morgan fingerprint density at radius 2 is 1.23 bits per heavy atom. The summed E-state index contributed by atoms with van der Waals surface area (Å²) in [6.45, 7) is 0. The molecular weight excluding hydrogens is 454 g/mol. The maximum atomic E-state index is 10.3. The van der Waals surface area contributed by atoms with Gasteiger partial charge in [0.2, 0.25) is 0 Å². The van der Waals surface area contributed by atoms with Crippen LogP contribution in [-0.2, 0) is 0 Å². The highest BCUT2D eigenvalue weighted by molar-refractivity contribution is 6.31. The van der Waals surface area contributed by atoms with Crippen LogP contribution in [0, 0.1) is 11.3 Å². The summed E-state index contributed by atoms with van der Waals surface area (Å²) < 4.78 is 12.2. The number of para-hydroxylation sites is 2. The van der Waals surface area contributed by atoms with E-state index in [1.165, 1.54) is 0 Å². The first-order valence-electron chi connectivity index (χ1n) is 11.3. The van der Waals surface area contributed by atoms with Crippen molar-refractivity contribution < 1.29 is 8.83 Å². The van der Waals surface area contributed by atoms with Crippen molar-refractivity contribution in [2.45, 2.75) is 0 Å². The Hall–Kier alpha value is -4.52. The summed E-state index contributed by atoms with van der Waals surface area (Å²) in [6.07, 6.45) is 0. The van der Waals surface area contributed by atoms with E-state index < -0.39 is 0 Å². The van der Waals surface area contributed by atoms with Gasteiger partial charge >= 0.3 is 0 Å². The first-order valence-corrected chi connectivity index (χ1v) is 11.6. The van der Waals surface area contributed by atoms with Crippen LogP contribution in [0.5, 0.6) is 0 Å². The van der Waals surface area contributed by atoms with E-state index >= 15 is 0 Å². The first-order chi connectivity index (χ1) is 17.2. The lowest BCUT2D eigenvalue weighted by Gasteiger charge is -2.12. The molecule has 0 unspecified atom stereocenters. The van der Waals surface area contributed by atoms with E-state index in [0.717, 1.165) is 66.1 Å². The van der Waals surface area contributed by atoms with Gasteiger partial charge in [-0.2, -0.15) is 5.26 Å². The molecule has 3 nitrogen and oxygen atoms in total. The number of hydrogen-bond acceptors (Lipinski definition) is 3. The van der Waals surface area contributed by atoms with Crippen LogP contribution in [0.25, 0.3) is 66.1 Å². The second-order valence-corrected chi connectivity index (χ2v) is 9.01. The first kappa shape index (κ1) is 19.9. The van der Waals surface area contributed by atoms with Gasteiger partial charge < -0.3 is 8.83 Å². The molecule has 5 aromatic carbocycles. The van der Waals surface area contributed by atoms with Crippen molar-refractivity contribution in [3.8, 4) is 28.3 Å². The molecule has 0 amide bonds. The molecule has 0 saturated carbocycles. The standard InChI is InChI=1S/C31H16ClNO2/c32-19-15-24(18-12-13-21-20-6-1-3-9-27(20)35-30(21)14-18)26(17-33)25(16-19)22-8-5-11-29-31(22)23-7-2-4-10-28(23)34-29/h1-16H. The Kier molecular flexibility index (Phi) is 4.26. The minimum Gasteiger partial charge on any atom is -0.456 e. The fourth-order valence-corrected chi connectivity index (χ4v) is 5.28. The monoisotopic (exact) mass is 469 g/mol. The molecule has 4 heteroatoms. The second kappa shape index (κ2) is 7.50. The van der Waals surface area contributed by atoms with E-state index in [2.05, 4.69) is 12.1 Å². The lowest BCUT2D eigenvalue weighted by atomic mass is 9.90. The summed E-state index contributed by atoms with van der Waals surface area (Å²) in [5, 5.41) is 15.0. The van der Waals surface area contributed by atoms with Gasteiger partial charge in [-0.1, -0.05) is 66.2 Å². The Morgan fingerprint density at radius 3 is 2.06 bits per heavy atom. The number of rotatable bonds is 2. The number of nitriles is 1. The van der Waals surface area contributed by atoms with E-state index in [4.69, 9.17) is 20.4 Å². The lowest BCUT2D eigenvalue weighted by molar-refractivity contribution is 0.668. The fraction of sp³-hybridized carbons (Fsp3) is 0. The van der Waals surface area contributed by atoms with Crippen molar-refractivity contribution in [2.24, 2.45) is 0 Å². The molecule has 0 saturated heterocycles. The zero-order valence-electron chi connectivity index (χ0n) is 18.4. The van der Waals surface area contributed by atoms with Gasteiger partial charge in [0.25, 0.3) is 0 Å². The van der Waals surface area contributed by atoms with Crippen molar-refractivity contribution in [3.05, 3.63) is 108 Å². The second-order valence-electron chi connectivity index (χ2n) is 8.57. The van der Waals surface area contributed by atoms with Gasteiger partial charge in [0.1, 0.15) is 28.4 Å². The average molecular weight is 470 g/mol. The molecule has 2 heterocycles. The Morgan fingerprint density at radius 1 is 0.571 bits per heavy atom. The molecule has 0 aliphatic rings. The average Bonchev–Trinajstić information content (AvgIpc) is 3.46. The normalized spacial score (nSPS) is 11.5. The maximum Gasteiger partial charge on any atom is 0.136 e. The highest BCUT2D eigenvalue weighted by Crippen LogP contribution is 2.42. The quantitative estimate of drug-likeness (QED) is 0.253. The van der Waals surface area contributed by atoms with Crippen LogP contribution in [0.2, 0.25) is 5.02 Å². The number of nitrogens with zero attached hydrogens (tertiary/aromatic N) is 1. The number of fused-ring (bicyclic) bond motifs is 6. The van der Waals surface area contributed by atoms with Crippen LogP contribution >= 0.6 is 11.6 Å². The van der Waals surface area contributed by atoms with Crippen molar-refractivity contribution >= 4 is 55.5 Å². The van der Waals surface area contributed by atoms with Gasteiger partial charge in [0.15, 0.2) is 0 Å². The molecule has 0 radical (unpaired) electrons. The highest BCUT2D eigenvalue weighted by atomic mass is 35.5. The van der Waals surface area contributed by atoms with E-state index in [1.54, 1.807) is 0 Å². The fourth-order valence-electron chi connectivity index (χ4n) is 5.06. The SMILES string of the molecule is N#Cc1c(-c2ccc3c(c2)oc2ccccc23)cc(Cl)cc1-c1cccc2oc3ccccc3c12. The number of furan rings is 2. The van der Waals surface area contributed by atoms with Crippen LogP contribution in [0.4, 0.5) is 0 Å². The van der Waals surface area contributed by atoms with Crippen molar-refractivity contribution in [2.75, 3.05) is 0 Å². The third-order valence-electron chi connectivity index (χ3n) is 6.60. The molecule has 0 bridgehead atoms. The molecule has 0 aliphatic heterocycles.